The van der Waals surface area contributed by atoms with Gasteiger partial charge in [0.1, 0.15) is 0 Å². The van der Waals surface area contributed by atoms with Crippen LogP contribution in [-0.2, 0) is 19.5 Å². The molecule has 3 nitrogen and oxygen atoms in total. The van der Waals surface area contributed by atoms with E-state index in [0.717, 1.165) is 25.2 Å². The largest absolute Gasteiger partial charge is 0.358 e. The van der Waals surface area contributed by atoms with Crippen molar-refractivity contribution in [3.05, 3.63) is 65.2 Å². The predicted molar refractivity (Wildman–Crippen MR) is 103 cm³/mol. The zero-order valence-electron chi connectivity index (χ0n) is 14.1. The summed E-state index contributed by atoms with van der Waals surface area (Å²) in [5.74, 6) is 0. The summed E-state index contributed by atoms with van der Waals surface area (Å²) in [6, 6.07) is 16.7. The summed E-state index contributed by atoms with van der Waals surface area (Å²) in [7, 11) is 4.16. The molecule has 0 aliphatic rings. The molecule has 0 aliphatic heterocycles. The van der Waals surface area contributed by atoms with Crippen molar-refractivity contribution in [3.63, 3.8) is 0 Å². The molecule has 0 aromatic heterocycles. The van der Waals surface area contributed by atoms with Crippen LogP contribution in [0.5, 0.6) is 0 Å². The Labute approximate surface area is 144 Å². The molecule has 0 aliphatic carbocycles. The molecule has 122 valence electrons. The van der Waals surface area contributed by atoms with E-state index in [1.165, 1.54) is 16.7 Å². The van der Waals surface area contributed by atoms with Crippen LogP contribution in [0.15, 0.2) is 48.5 Å². The van der Waals surface area contributed by atoms with Gasteiger partial charge in [-0.25, -0.2) is 0 Å². The first-order chi connectivity index (χ1) is 11.1. The van der Waals surface area contributed by atoms with E-state index in [0.29, 0.717) is 5.11 Å². The molecule has 2 aromatic carbocycles. The topological polar surface area (TPSA) is 27.3 Å². The summed E-state index contributed by atoms with van der Waals surface area (Å²) in [5.41, 5.74) is 4.94. The fourth-order valence-corrected chi connectivity index (χ4v) is 2.70. The van der Waals surface area contributed by atoms with Crippen LogP contribution in [-0.4, -0.2) is 24.1 Å². The Morgan fingerprint density at radius 1 is 0.957 bits per heavy atom. The lowest BCUT2D eigenvalue weighted by molar-refractivity contribution is 0.401. The molecule has 0 bridgehead atoms. The quantitative estimate of drug-likeness (QED) is 0.789. The van der Waals surface area contributed by atoms with Gasteiger partial charge < -0.3 is 15.5 Å². The van der Waals surface area contributed by atoms with Gasteiger partial charge in [-0.05, 0) is 55.5 Å². The second kappa shape index (κ2) is 8.65. The number of para-hydroxylation sites is 1. The minimum Gasteiger partial charge on any atom is -0.358 e. The lowest BCUT2D eigenvalue weighted by atomic mass is 10.1. The van der Waals surface area contributed by atoms with Crippen LogP contribution in [0.1, 0.15) is 23.6 Å². The number of thiocarbonyl (C=S) groups is 1. The highest BCUT2D eigenvalue weighted by Crippen LogP contribution is 2.15. The monoisotopic (exact) mass is 327 g/mol. The Balaban J connectivity index is 1.97. The lowest BCUT2D eigenvalue weighted by Gasteiger charge is -2.16. The number of aryl methyl sites for hydroxylation is 1. The normalized spacial score (nSPS) is 10.6. The van der Waals surface area contributed by atoms with Crippen molar-refractivity contribution in [1.82, 2.24) is 10.2 Å². The van der Waals surface area contributed by atoms with Crippen LogP contribution in [0.4, 0.5) is 5.69 Å². The fraction of sp³-hybridized carbons (Fsp3) is 0.316. The molecule has 0 saturated heterocycles. The number of anilines is 1. The Morgan fingerprint density at radius 3 is 2.22 bits per heavy atom. The Hall–Kier alpha value is -1.91. The van der Waals surface area contributed by atoms with Crippen molar-refractivity contribution >= 4 is 23.0 Å². The SMILES string of the molecule is CCc1ccccc1NC(=S)NCc1ccccc1CN(C)C. The van der Waals surface area contributed by atoms with Gasteiger partial charge in [-0.15, -0.1) is 0 Å². The molecule has 2 N–H and O–H groups in total. The van der Waals surface area contributed by atoms with Crippen LogP contribution in [0.3, 0.4) is 0 Å². The van der Waals surface area contributed by atoms with Crippen molar-refractivity contribution in [1.29, 1.82) is 0 Å². The molecule has 0 atom stereocenters. The molecule has 0 unspecified atom stereocenters. The maximum absolute atomic E-state index is 5.44. The van der Waals surface area contributed by atoms with Crippen LogP contribution in [0, 0.1) is 0 Å². The molecule has 23 heavy (non-hydrogen) atoms. The van der Waals surface area contributed by atoms with E-state index in [1.54, 1.807) is 0 Å². The van der Waals surface area contributed by atoms with Crippen molar-refractivity contribution in [2.75, 3.05) is 19.4 Å². The Bertz CT molecular complexity index is 653. The van der Waals surface area contributed by atoms with Gasteiger partial charge in [-0.3, -0.25) is 0 Å². The van der Waals surface area contributed by atoms with E-state index in [-0.39, 0.29) is 0 Å². The number of hydrogen-bond acceptors (Lipinski definition) is 2. The molecule has 0 spiro atoms. The average molecular weight is 327 g/mol. The zero-order chi connectivity index (χ0) is 16.7. The van der Waals surface area contributed by atoms with E-state index in [1.807, 2.05) is 6.07 Å². The highest BCUT2D eigenvalue weighted by atomic mass is 32.1. The summed E-state index contributed by atoms with van der Waals surface area (Å²) in [6.07, 6.45) is 0.984. The fourth-order valence-electron chi connectivity index (χ4n) is 2.52. The molecular formula is C19H25N3S. The summed E-state index contributed by atoms with van der Waals surface area (Å²) in [4.78, 5) is 2.17. The third-order valence-corrected chi connectivity index (χ3v) is 3.94. The number of nitrogens with one attached hydrogen (secondary N) is 2. The van der Waals surface area contributed by atoms with Gasteiger partial charge in [-0.1, -0.05) is 49.4 Å². The standard InChI is InChI=1S/C19H25N3S/c1-4-15-9-7-8-12-18(15)21-19(23)20-13-16-10-5-6-11-17(16)14-22(2)3/h5-12H,4,13-14H2,1-3H3,(H2,20,21,23). The zero-order valence-corrected chi connectivity index (χ0v) is 14.9. The predicted octanol–water partition coefficient (Wildman–Crippen LogP) is 3.80. The summed E-state index contributed by atoms with van der Waals surface area (Å²) in [6.45, 7) is 3.80. The number of nitrogens with zero attached hydrogens (tertiary/aromatic N) is 1. The van der Waals surface area contributed by atoms with Gasteiger partial charge in [0, 0.05) is 18.8 Å². The van der Waals surface area contributed by atoms with Crippen molar-refractivity contribution in [2.24, 2.45) is 0 Å². The molecule has 0 fully saturated rings. The van der Waals surface area contributed by atoms with Crippen LogP contribution < -0.4 is 10.6 Å². The van der Waals surface area contributed by atoms with Crippen LogP contribution >= 0.6 is 12.2 Å². The molecule has 0 amide bonds. The van der Waals surface area contributed by atoms with Gasteiger partial charge in [0.15, 0.2) is 5.11 Å². The molecular weight excluding hydrogens is 302 g/mol. The number of rotatable bonds is 6. The molecule has 2 aromatic rings. The molecule has 2 rings (SSSR count). The van der Waals surface area contributed by atoms with E-state index >= 15 is 0 Å². The van der Waals surface area contributed by atoms with Gasteiger partial charge in [0.25, 0.3) is 0 Å². The Kier molecular flexibility index (Phi) is 6.56. The summed E-state index contributed by atoms with van der Waals surface area (Å²) < 4.78 is 0. The van der Waals surface area contributed by atoms with Gasteiger partial charge in [-0.2, -0.15) is 0 Å². The van der Waals surface area contributed by atoms with E-state index in [2.05, 4.69) is 79.0 Å². The third kappa shape index (κ3) is 5.34. The number of benzene rings is 2. The second-order valence-electron chi connectivity index (χ2n) is 5.82. The summed E-state index contributed by atoms with van der Waals surface area (Å²) in [5, 5.41) is 7.27. The first-order valence-corrected chi connectivity index (χ1v) is 8.35. The van der Waals surface area contributed by atoms with Crippen LogP contribution in [0.2, 0.25) is 0 Å². The second-order valence-corrected chi connectivity index (χ2v) is 6.23. The molecule has 0 saturated carbocycles. The maximum Gasteiger partial charge on any atom is 0.171 e. The van der Waals surface area contributed by atoms with Crippen molar-refractivity contribution < 1.29 is 0 Å². The van der Waals surface area contributed by atoms with Crippen molar-refractivity contribution in [2.45, 2.75) is 26.4 Å². The van der Waals surface area contributed by atoms with Crippen LogP contribution in [0.25, 0.3) is 0 Å². The summed E-state index contributed by atoms with van der Waals surface area (Å²) >= 11 is 5.44. The molecule has 0 heterocycles. The van der Waals surface area contributed by atoms with Gasteiger partial charge in [0.05, 0.1) is 0 Å². The number of hydrogen-bond donors (Lipinski definition) is 2. The Morgan fingerprint density at radius 2 is 1.57 bits per heavy atom. The van der Waals surface area contributed by atoms with E-state index in [9.17, 15) is 0 Å². The van der Waals surface area contributed by atoms with E-state index < -0.39 is 0 Å². The van der Waals surface area contributed by atoms with Crippen molar-refractivity contribution in [3.8, 4) is 0 Å². The van der Waals surface area contributed by atoms with Gasteiger partial charge >= 0.3 is 0 Å². The molecule has 0 radical (unpaired) electrons. The highest BCUT2D eigenvalue weighted by molar-refractivity contribution is 7.80. The third-order valence-electron chi connectivity index (χ3n) is 3.69. The highest BCUT2D eigenvalue weighted by Gasteiger charge is 2.05. The first kappa shape index (κ1) is 17.4. The lowest BCUT2D eigenvalue weighted by Crippen LogP contribution is -2.29. The molecule has 4 heteroatoms. The first-order valence-electron chi connectivity index (χ1n) is 7.94. The minimum absolute atomic E-state index is 0.658. The van der Waals surface area contributed by atoms with Gasteiger partial charge in [0.2, 0.25) is 0 Å². The minimum atomic E-state index is 0.658. The maximum atomic E-state index is 5.44. The van der Waals surface area contributed by atoms with E-state index in [4.69, 9.17) is 12.2 Å². The smallest absolute Gasteiger partial charge is 0.171 e. The average Bonchev–Trinajstić information content (AvgIpc) is 2.54.